The predicted molar refractivity (Wildman–Crippen MR) is 91.6 cm³/mol. The molecule has 1 fully saturated rings. The summed E-state index contributed by atoms with van der Waals surface area (Å²) < 4.78 is 41.1. The van der Waals surface area contributed by atoms with Gasteiger partial charge in [0.2, 0.25) is 0 Å². The number of alkyl halides is 3. The molecule has 136 valence electrons. The summed E-state index contributed by atoms with van der Waals surface area (Å²) in [4.78, 5) is 6.82. The Morgan fingerprint density at radius 2 is 1.80 bits per heavy atom. The summed E-state index contributed by atoms with van der Waals surface area (Å²) in [7, 11) is 0. The van der Waals surface area contributed by atoms with Crippen LogP contribution in [-0.4, -0.2) is 35.3 Å². The molecule has 0 unspecified atom stereocenters. The monoisotopic (exact) mass is 369 g/mol. The van der Waals surface area contributed by atoms with Gasteiger partial charge in [0.15, 0.2) is 0 Å². The van der Waals surface area contributed by atoms with Crippen LogP contribution >= 0.6 is 11.8 Å². The first-order valence-corrected chi connectivity index (χ1v) is 9.87. The van der Waals surface area contributed by atoms with E-state index >= 15 is 0 Å². The molecular weight excluding hydrogens is 347 g/mol. The third-order valence-electron chi connectivity index (χ3n) is 4.93. The summed E-state index contributed by atoms with van der Waals surface area (Å²) in [6.45, 7) is 2.93. The number of aromatic nitrogens is 1. The minimum absolute atomic E-state index is 0.255. The molecule has 0 spiro atoms. The molecule has 0 N–H and O–H groups in total. The van der Waals surface area contributed by atoms with Gasteiger partial charge in [0.1, 0.15) is 11.1 Å². The van der Waals surface area contributed by atoms with Crippen LogP contribution in [0.25, 0.3) is 0 Å². The number of nitriles is 1. The molecule has 1 aliphatic heterocycles. The van der Waals surface area contributed by atoms with Crippen molar-refractivity contribution in [3.63, 3.8) is 0 Å². The van der Waals surface area contributed by atoms with Crippen molar-refractivity contribution in [1.82, 2.24) is 9.88 Å². The lowest BCUT2D eigenvalue weighted by molar-refractivity contribution is -0.138. The number of aryl methyl sites for hydroxylation is 1. The van der Waals surface area contributed by atoms with Gasteiger partial charge in [-0.1, -0.05) is 6.42 Å². The highest BCUT2D eigenvalue weighted by Crippen LogP contribution is 2.40. The highest BCUT2D eigenvalue weighted by Gasteiger charge is 2.39. The molecule has 2 heterocycles. The molecule has 0 atom stereocenters. The predicted octanol–water partition coefficient (Wildman–Crippen LogP) is 4.43. The Labute approximate surface area is 150 Å². The van der Waals surface area contributed by atoms with Gasteiger partial charge in [0.25, 0.3) is 0 Å². The van der Waals surface area contributed by atoms with Crippen molar-refractivity contribution >= 4 is 11.8 Å². The van der Waals surface area contributed by atoms with Gasteiger partial charge in [-0.05, 0) is 57.2 Å². The van der Waals surface area contributed by atoms with Crippen molar-refractivity contribution in [3.05, 3.63) is 22.4 Å². The summed E-state index contributed by atoms with van der Waals surface area (Å²) >= 11 is 1.29. The van der Waals surface area contributed by atoms with E-state index in [0.717, 1.165) is 38.9 Å². The molecule has 0 radical (unpaired) electrons. The lowest BCUT2D eigenvalue weighted by atomic mass is 9.97. The van der Waals surface area contributed by atoms with Crippen molar-refractivity contribution in [1.29, 1.82) is 5.26 Å². The maximum absolute atomic E-state index is 13.7. The summed E-state index contributed by atoms with van der Waals surface area (Å²) in [6, 6.07) is 1.80. The van der Waals surface area contributed by atoms with Crippen LogP contribution in [0, 0.1) is 11.3 Å². The van der Waals surface area contributed by atoms with E-state index in [2.05, 4.69) is 9.88 Å². The summed E-state index contributed by atoms with van der Waals surface area (Å²) in [6.07, 6.45) is 1.30. The Morgan fingerprint density at radius 3 is 2.48 bits per heavy atom. The standard InChI is InChI=1S/C18H22F3N3S/c19-18(20,21)16-13-6-2-1-3-7-15(13)23-17(14(16)12-22)25-11-10-24-8-4-5-9-24/h1-11H2. The number of nitrogens with zero attached hydrogens (tertiary/aromatic N) is 3. The molecule has 7 heteroatoms. The SMILES string of the molecule is N#Cc1c(SCCN2CCCC2)nc2c(c1C(F)(F)F)CCCCC2. The molecule has 0 aromatic carbocycles. The zero-order chi connectivity index (χ0) is 17.9. The Morgan fingerprint density at radius 1 is 1.08 bits per heavy atom. The fraction of sp³-hybridized carbons (Fsp3) is 0.667. The van der Waals surface area contributed by atoms with Crippen LogP contribution in [0.4, 0.5) is 13.2 Å². The molecule has 3 nitrogen and oxygen atoms in total. The first-order chi connectivity index (χ1) is 12.0. The van der Waals surface area contributed by atoms with Crippen molar-refractivity contribution in [2.24, 2.45) is 0 Å². The zero-order valence-corrected chi connectivity index (χ0v) is 15.0. The summed E-state index contributed by atoms with van der Waals surface area (Å²) in [5, 5.41) is 9.69. The number of likely N-dealkylation sites (tertiary alicyclic amines) is 1. The molecule has 1 aromatic rings. The fourth-order valence-corrected chi connectivity index (χ4v) is 4.70. The molecule has 0 saturated carbocycles. The molecule has 0 bridgehead atoms. The Kier molecular flexibility index (Phi) is 5.90. The lowest BCUT2D eigenvalue weighted by Crippen LogP contribution is -2.22. The van der Waals surface area contributed by atoms with Crippen molar-refractivity contribution in [3.8, 4) is 6.07 Å². The Hall–Kier alpha value is -1.26. The molecular formula is C18H22F3N3S. The van der Waals surface area contributed by atoms with Crippen LogP contribution in [0.15, 0.2) is 5.03 Å². The van der Waals surface area contributed by atoms with Crippen molar-refractivity contribution in [2.75, 3.05) is 25.4 Å². The minimum Gasteiger partial charge on any atom is -0.303 e. The van der Waals surface area contributed by atoms with Gasteiger partial charge in [-0.2, -0.15) is 18.4 Å². The van der Waals surface area contributed by atoms with E-state index in [1.165, 1.54) is 24.6 Å². The molecule has 2 aliphatic rings. The van der Waals surface area contributed by atoms with Gasteiger partial charge in [-0.15, -0.1) is 11.8 Å². The molecule has 1 aliphatic carbocycles. The van der Waals surface area contributed by atoms with E-state index in [0.29, 0.717) is 24.3 Å². The normalized spacial score (nSPS) is 18.6. The number of pyridine rings is 1. The zero-order valence-electron chi connectivity index (χ0n) is 14.2. The maximum Gasteiger partial charge on any atom is 0.418 e. The number of hydrogen-bond acceptors (Lipinski definition) is 4. The quantitative estimate of drug-likeness (QED) is 0.581. The average molecular weight is 369 g/mol. The van der Waals surface area contributed by atoms with Crippen LogP contribution in [0.2, 0.25) is 0 Å². The Balaban J connectivity index is 1.91. The third-order valence-corrected chi connectivity index (χ3v) is 5.89. The smallest absolute Gasteiger partial charge is 0.303 e. The van der Waals surface area contributed by atoms with Crippen LogP contribution < -0.4 is 0 Å². The van der Waals surface area contributed by atoms with Crippen LogP contribution in [0.3, 0.4) is 0 Å². The van der Waals surface area contributed by atoms with Gasteiger partial charge in [-0.25, -0.2) is 4.98 Å². The fourth-order valence-electron chi connectivity index (χ4n) is 3.69. The maximum atomic E-state index is 13.7. The number of rotatable bonds is 4. The number of halogens is 3. The van der Waals surface area contributed by atoms with Crippen molar-refractivity contribution < 1.29 is 13.2 Å². The molecule has 25 heavy (non-hydrogen) atoms. The lowest BCUT2D eigenvalue weighted by Gasteiger charge is -2.19. The van der Waals surface area contributed by atoms with Gasteiger partial charge < -0.3 is 4.90 Å². The molecule has 1 aromatic heterocycles. The minimum atomic E-state index is -4.51. The molecule has 3 rings (SSSR count). The van der Waals surface area contributed by atoms with Gasteiger partial charge in [0, 0.05) is 18.0 Å². The van der Waals surface area contributed by atoms with Crippen LogP contribution in [-0.2, 0) is 19.0 Å². The van der Waals surface area contributed by atoms with Crippen molar-refractivity contribution in [2.45, 2.75) is 56.1 Å². The number of fused-ring (bicyclic) bond motifs is 1. The molecule has 0 amide bonds. The van der Waals surface area contributed by atoms with Gasteiger partial charge in [-0.3, -0.25) is 0 Å². The van der Waals surface area contributed by atoms with E-state index in [9.17, 15) is 18.4 Å². The number of thioether (sulfide) groups is 1. The summed E-state index contributed by atoms with van der Waals surface area (Å²) in [5.74, 6) is 0.664. The van der Waals surface area contributed by atoms with E-state index in [-0.39, 0.29) is 16.2 Å². The summed E-state index contributed by atoms with van der Waals surface area (Å²) in [5.41, 5.74) is -0.205. The highest BCUT2D eigenvalue weighted by atomic mass is 32.2. The van der Waals surface area contributed by atoms with Crippen LogP contribution in [0.5, 0.6) is 0 Å². The first kappa shape index (κ1) is 18.5. The Bertz CT molecular complexity index is 661. The van der Waals surface area contributed by atoms with E-state index in [4.69, 9.17) is 0 Å². The number of hydrogen-bond donors (Lipinski definition) is 0. The van der Waals surface area contributed by atoms with E-state index in [1.54, 1.807) is 6.07 Å². The van der Waals surface area contributed by atoms with Gasteiger partial charge >= 0.3 is 6.18 Å². The second kappa shape index (κ2) is 7.96. The second-order valence-corrected chi connectivity index (χ2v) is 7.74. The average Bonchev–Trinajstić information content (AvgIpc) is 2.97. The first-order valence-electron chi connectivity index (χ1n) is 8.89. The topological polar surface area (TPSA) is 39.9 Å². The van der Waals surface area contributed by atoms with E-state index in [1.807, 2.05) is 0 Å². The van der Waals surface area contributed by atoms with E-state index < -0.39 is 11.7 Å². The van der Waals surface area contributed by atoms with Gasteiger partial charge in [0.05, 0.1) is 11.1 Å². The largest absolute Gasteiger partial charge is 0.418 e. The molecule has 1 saturated heterocycles. The third kappa shape index (κ3) is 4.29. The highest BCUT2D eigenvalue weighted by molar-refractivity contribution is 7.99. The second-order valence-electron chi connectivity index (χ2n) is 6.66. The van der Waals surface area contributed by atoms with Crippen LogP contribution in [0.1, 0.15) is 54.5 Å².